The molecule has 1 aliphatic rings. The van der Waals surface area contributed by atoms with E-state index in [0.29, 0.717) is 27.8 Å². The van der Waals surface area contributed by atoms with Crippen molar-refractivity contribution in [3.8, 4) is 17.6 Å². The Morgan fingerprint density at radius 2 is 1.81 bits per heavy atom. The molecule has 0 saturated carbocycles. The molecule has 3 nitrogen and oxygen atoms in total. The van der Waals surface area contributed by atoms with E-state index in [9.17, 15) is 5.26 Å². The monoisotopic (exact) mass is 319 g/mol. The number of rotatable bonds is 3. The quantitative estimate of drug-likeness (QED) is 0.832. The number of ether oxygens (including phenoxy) is 2. The molecule has 2 aromatic rings. The first-order valence-electron chi connectivity index (χ1n) is 6.41. The summed E-state index contributed by atoms with van der Waals surface area (Å²) in [4.78, 5) is 0. The summed E-state index contributed by atoms with van der Waals surface area (Å²) in [6.45, 7) is 0.233. The molecule has 1 atom stereocenters. The minimum Gasteiger partial charge on any atom is -0.454 e. The third kappa shape index (κ3) is 2.78. The van der Waals surface area contributed by atoms with Crippen molar-refractivity contribution in [1.82, 2.24) is 0 Å². The van der Waals surface area contributed by atoms with Gasteiger partial charge in [0.05, 0.1) is 12.0 Å². The van der Waals surface area contributed by atoms with Crippen molar-refractivity contribution in [2.75, 3.05) is 6.79 Å². The third-order valence-electron chi connectivity index (χ3n) is 3.38. The molecule has 106 valence electrons. The molecule has 0 fully saturated rings. The van der Waals surface area contributed by atoms with E-state index in [-0.39, 0.29) is 6.79 Å². The predicted molar refractivity (Wildman–Crippen MR) is 81.1 cm³/mol. The van der Waals surface area contributed by atoms with E-state index < -0.39 is 5.92 Å². The van der Waals surface area contributed by atoms with Gasteiger partial charge in [0.1, 0.15) is 0 Å². The Balaban J connectivity index is 1.90. The Morgan fingerprint density at radius 1 is 1.10 bits per heavy atom. The molecule has 5 heteroatoms. The van der Waals surface area contributed by atoms with E-state index >= 15 is 0 Å². The summed E-state index contributed by atoms with van der Waals surface area (Å²) in [6.07, 6.45) is 0.511. The first-order chi connectivity index (χ1) is 10.2. The van der Waals surface area contributed by atoms with E-state index in [4.69, 9.17) is 32.7 Å². The van der Waals surface area contributed by atoms with Gasteiger partial charge in [0.15, 0.2) is 11.5 Å². The summed E-state index contributed by atoms with van der Waals surface area (Å²) in [5, 5.41) is 10.5. The van der Waals surface area contributed by atoms with Crippen molar-refractivity contribution in [2.24, 2.45) is 0 Å². The lowest BCUT2D eigenvalue weighted by atomic mass is 9.93. The smallest absolute Gasteiger partial charge is 0.231 e. The normalized spacial score (nSPS) is 13.8. The van der Waals surface area contributed by atoms with Crippen LogP contribution in [-0.2, 0) is 6.42 Å². The molecule has 0 radical (unpaired) electrons. The molecule has 0 aromatic heterocycles. The van der Waals surface area contributed by atoms with E-state index in [1.54, 1.807) is 18.2 Å². The first-order valence-corrected chi connectivity index (χ1v) is 7.16. The average Bonchev–Trinajstić information content (AvgIpc) is 2.93. The number of hydrogen-bond acceptors (Lipinski definition) is 3. The van der Waals surface area contributed by atoms with Gasteiger partial charge in [-0.1, -0.05) is 35.3 Å². The number of benzene rings is 2. The Kier molecular flexibility index (Phi) is 3.92. The SMILES string of the molecule is N#CC(Cc1ccc2c(c1)OCO2)c1c(Cl)cccc1Cl. The Hall–Kier alpha value is -1.89. The Morgan fingerprint density at radius 3 is 2.52 bits per heavy atom. The molecule has 1 heterocycles. The fourth-order valence-corrected chi connectivity index (χ4v) is 3.02. The maximum atomic E-state index is 9.46. The molecule has 0 saturated heterocycles. The van der Waals surface area contributed by atoms with Crippen LogP contribution in [0.15, 0.2) is 36.4 Å². The summed E-state index contributed by atoms with van der Waals surface area (Å²) in [6, 6.07) is 13.2. The number of hydrogen-bond donors (Lipinski definition) is 0. The maximum Gasteiger partial charge on any atom is 0.231 e. The number of fused-ring (bicyclic) bond motifs is 1. The highest BCUT2D eigenvalue weighted by Gasteiger charge is 2.20. The fourth-order valence-electron chi connectivity index (χ4n) is 2.36. The predicted octanol–water partition coefficient (Wildman–Crippen LogP) is 4.57. The molecule has 0 amide bonds. The highest BCUT2D eigenvalue weighted by molar-refractivity contribution is 6.36. The highest BCUT2D eigenvalue weighted by Crippen LogP contribution is 2.36. The van der Waals surface area contributed by atoms with E-state index in [0.717, 1.165) is 11.3 Å². The van der Waals surface area contributed by atoms with Gasteiger partial charge in [-0.3, -0.25) is 0 Å². The number of nitrogens with zero attached hydrogens (tertiary/aromatic N) is 1. The van der Waals surface area contributed by atoms with Gasteiger partial charge in [-0.15, -0.1) is 0 Å². The fraction of sp³-hybridized carbons (Fsp3) is 0.188. The van der Waals surface area contributed by atoms with Gasteiger partial charge in [-0.25, -0.2) is 0 Å². The van der Waals surface area contributed by atoms with Crippen LogP contribution in [0.4, 0.5) is 0 Å². The van der Waals surface area contributed by atoms with E-state index in [2.05, 4.69) is 6.07 Å². The van der Waals surface area contributed by atoms with Crippen molar-refractivity contribution >= 4 is 23.2 Å². The van der Waals surface area contributed by atoms with Crippen LogP contribution >= 0.6 is 23.2 Å². The second kappa shape index (κ2) is 5.85. The van der Waals surface area contributed by atoms with Crippen LogP contribution in [0.3, 0.4) is 0 Å². The van der Waals surface area contributed by atoms with Crippen LogP contribution < -0.4 is 9.47 Å². The number of halogens is 2. The molecule has 2 aromatic carbocycles. The molecule has 0 N–H and O–H groups in total. The summed E-state index contributed by atoms with van der Waals surface area (Å²) in [7, 11) is 0. The van der Waals surface area contributed by atoms with Crippen LogP contribution in [0.5, 0.6) is 11.5 Å². The summed E-state index contributed by atoms with van der Waals surface area (Å²) < 4.78 is 10.6. The standard InChI is InChI=1S/C16H11Cl2NO2/c17-12-2-1-3-13(18)16(12)11(8-19)6-10-4-5-14-15(7-10)21-9-20-14/h1-5,7,11H,6,9H2. The summed E-state index contributed by atoms with van der Waals surface area (Å²) in [5.41, 5.74) is 1.64. The van der Waals surface area contributed by atoms with Crippen LogP contribution in [0.2, 0.25) is 10.0 Å². The molecule has 0 aliphatic carbocycles. The van der Waals surface area contributed by atoms with Gasteiger partial charge >= 0.3 is 0 Å². The lowest BCUT2D eigenvalue weighted by Gasteiger charge is -2.13. The summed E-state index contributed by atoms with van der Waals surface area (Å²) >= 11 is 12.4. The zero-order chi connectivity index (χ0) is 14.8. The van der Waals surface area contributed by atoms with Gasteiger partial charge in [0.25, 0.3) is 0 Å². The van der Waals surface area contributed by atoms with Crippen molar-refractivity contribution in [3.63, 3.8) is 0 Å². The van der Waals surface area contributed by atoms with Crippen LogP contribution in [0, 0.1) is 11.3 Å². The van der Waals surface area contributed by atoms with Crippen molar-refractivity contribution in [2.45, 2.75) is 12.3 Å². The second-order valence-corrected chi connectivity index (χ2v) is 5.52. The highest BCUT2D eigenvalue weighted by atomic mass is 35.5. The molecule has 0 bridgehead atoms. The third-order valence-corrected chi connectivity index (χ3v) is 4.04. The zero-order valence-corrected chi connectivity index (χ0v) is 12.5. The molecule has 1 unspecified atom stereocenters. The maximum absolute atomic E-state index is 9.46. The van der Waals surface area contributed by atoms with Gasteiger partial charge in [-0.2, -0.15) is 5.26 Å². The Bertz CT molecular complexity index is 704. The average molecular weight is 320 g/mol. The zero-order valence-electron chi connectivity index (χ0n) is 11.0. The van der Waals surface area contributed by atoms with Crippen LogP contribution in [-0.4, -0.2) is 6.79 Å². The molecule has 0 spiro atoms. The molecule has 3 rings (SSSR count). The van der Waals surface area contributed by atoms with Crippen molar-refractivity contribution in [3.05, 3.63) is 57.6 Å². The van der Waals surface area contributed by atoms with E-state index in [1.165, 1.54) is 0 Å². The minimum absolute atomic E-state index is 0.233. The largest absolute Gasteiger partial charge is 0.454 e. The second-order valence-electron chi connectivity index (χ2n) is 4.71. The Labute approximate surface area is 132 Å². The van der Waals surface area contributed by atoms with E-state index in [1.807, 2.05) is 18.2 Å². The molecular formula is C16H11Cl2NO2. The minimum atomic E-state index is -0.411. The van der Waals surface area contributed by atoms with Gasteiger partial charge in [0.2, 0.25) is 6.79 Å². The lowest BCUT2D eigenvalue weighted by Crippen LogP contribution is -2.02. The topological polar surface area (TPSA) is 42.2 Å². The van der Waals surface area contributed by atoms with Gasteiger partial charge in [0, 0.05) is 15.6 Å². The van der Waals surface area contributed by atoms with Gasteiger partial charge in [-0.05, 0) is 36.2 Å². The number of nitriles is 1. The van der Waals surface area contributed by atoms with Crippen molar-refractivity contribution < 1.29 is 9.47 Å². The molecule has 21 heavy (non-hydrogen) atoms. The van der Waals surface area contributed by atoms with Crippen molar-refractivity contribution in [1.29, 1.82) is 5.26 Å². The van der Waals surface area contributed by atoms with Gasteiger partial charge < -0.3 is 9.47 Å². The first kappa shape index (κ1) is 14.1. The molecular weight excluding hydrogens is 309 g/mol. The summed E-state index contributed by atoms with van der Waals surface area (Å²) in [5.74, 6) is 1.02. The lowest BCUT2D eigenvalue weighted by molar-refractivity contribution is 0.174. The van der Waals surface area contributed by atoms with Crippen LogP contribution in [0.1, 0.15) is 17.0 Å². The van der Waals surface area contributed by atoms with Crippen LogP contribution in [0.25, 0.3) is 0 Å². The molecule has 1 aliphatic heterocycles.